The average molecular weight is 567 g/mol. The van der Waals surface area contributed by atoms with Crippen LogP contribution in [0.1, 0.15) is 74.1 Å². The number of hydrogen-bond acceptors (Lipinski definition) is 6. The quantitative estimate of drug-likeness (QED) is 0.487. The van der Waals surface area contributed by atoms with Gasteiger partial charge in [-0.05, 0) is 74.0 Å². The maximum atomic E-state index is 13.9. The summed E-state index contributed by atoms with van der Waals surface area (Å²) in [5.41, 5.74) is -4.24. The molecule has 9 nitrogen and oxygen atoms in total. The second-order valence-corrected chi connectivity index (χ2v) is 14.3. The zero-order valence-corrected chi connectivity index (χ0v) is 24.1. The molecule has 0 radical (unpaired) electrons. The van der Waals surface area contributed by atoms with Crippen LogP contribution in [0.3, 0.4) is 0 Å². The van der Waals surface area contributed by atoms with Crippen molar-refractivity contribution in [2.24, 2.45) is 39.0 Å². The first kappa shape index (κ1) is 30.1. The Labute approximate surface area is 232 Å². The zero-order valence-electron chi connectivity index (χ0n) is 24.1. The van der Waals surface area contributed by atoms with Crippen molar-refractivity contribution in [1.82, 2.24) is 15.5 Å². The van der Waals surface area contributed by atoms with Gasteiger partial charge in [-0.2, -0.15) is 18.4 Å². The fraction of sp³-hybridized carbons (Fsp3) is 0.821. The molecule has 0 bridgehead atoms. The fourth-order valence-electron chi connectivity index (χ4n) is 6.31. The van der Waals surface area contributed by atoms with Gasteiger partial charge in [-0.1, -0.05) is 34.6 Å². The lowest BCUT2D eigenvalue weighted by molar-refractivity contribution is -0.222. The SMILES string of the molecule is CC(C)(C)[C@H](NC(=O)C(C)(C)C(F)(F)F)C(=O)N1C[C@H]2[C@@H]([C@H]1C(=O)N[C@H](C#N)C[C@@H]1CC3(CC3)N=C1[O-])C2(C)C. The summed E-state index contributed by atoms with van der Waals surface area (Å²) in [6.07, 6.45) is -2.45. The van der Waals surface area contributed by atoms with E-state index in [2.05, 4.69) is 21.7 Å². The highest BCUT2D eigenvalue weighted by Crippen LogP contribution is 2.65. The number of rotatable bonds is 7. The van der Waals surface area contributed by atoms with E-state index < -0.39 is 58.8 Å². The van der Waals surface area contributed by atoms with E-state index >= 15 is 0 Å². The van der Waals surface area contributed by atoms with Gasteiger partial charge in [0, 0.05) is 6.54 Å². The van der Waals surface area contributed by atoms with Crippen LogP contribution in [0.5, 0.6) is 0 Å². The number of carbonyl (C=O) groups excluding carboxylic acids is 3. The van der Waals surface area contributed by atoms with Crippen molar-refractivity contribution < 1.29 is 32.7 Å². The van der Waals surface area contributed by atoms with Gasteiger partial charge in [-0.25, -0.2) is 0 Å². The zero-order chi connectivity index (χ0) is 30.2. The van der Waals surface area contributed by atoms with E-state index in [0.29, 0.717) is 6.42 Å². The molecule has 2 aliphatic heterocycles. The van der Waals surface area contributed by atoms with Crippen molar-refractivity contribution in [2.45, 2.75) is 104 Å². The second kappa shape index (κ2) is 9.35. The first-order chi connectivity index (χ1) is 18.2. The first-order valence-corrected chi connectivity index (χ1v) is 13.8. The number of nitrogens with zero attached hydrogens (tertiary/aromatic N) is 3. The maximum Gasteiger partial charge on any atom is 0.402 e. The van der Waals surface area contributed by atoms with Gasteiger partial charge < -0.3 is 20.6 Å². The summed E-state index contributed by atoms with van der Waals surface area (Å²) >= 11 is 0. The van der Waals surface area contributed by atoms with Crippen LogP contribution in [0.15, 0.2) is 4.99 Å². The lowest BCUT2D eigenvalue weighted by atomic mass is 9.83. The van der Waals surface area contributed by atoms with E-state index in [4.69, 9.17) is 0 Å². The maximum absolute atomic E-state index is 13.9. The predicted octanol–water partition coefficient (Wildman–Crippen LogP) is 2.30. The summed E-state index contributed by atoms with van der Waals surface area (Å²) in [6, 6.07) is -1.19. The molecule has 2 saturated carbocycles. The number of piperidine rings is 1. The number of hydrogen-bond donors (Lipinski definition) is 2. The van der Waals surface area contributed by atoms with Gasteiger partial charge in [0.2, 0.25) is 17.7 Å². The number of nitrogens with one attached hydrogen (secondary N) is 2. The van der Waals surface area contributed by atoms with E-state index in [9.17, 15) is 37.9 Å². The third-order valence-electron chi connectivity index (χ3n) is 9.57. The first-order valence-electron chi connectivity index (χ1n) is 13.8. The third-order valence-corrected chi connectivity index (χ3v) is 9.57. The predicted molar refractivity (Wildman–Crippen MR) is 137 cm³/mol. The van der Waals surface area contributed by atoms with Crippen molar-refractivity contribution >= 4 is 23.6 Å². The second-order valence-electron chi connectivity index (χ2n) is 14.3. The molecule has 2 aliphatic carbocycles. The summed E-state index contributed by atoms with van der Waals surface area (Å²) in [7, 11) is 0. The summed E-state index contributed by atoms with van der Waals surface area (Å²) in [4.78, 5) is 45.8. The van der Waals surface area contributed by atoms with Gasteiger partial charge in [-0.3, -0.25) is 19.4 Å². The standard InChI is InChI=1S/C28H40F3N5O4/c1-24(2,3)19(34-23(40)26(6,7)28(29,30)31)22(39)36-13-16-17(25(16,4)5)18(36)21(38)33-15(12-32)10-14-11-27(8-9-27)35-20(14)37/h14-19H,8-11,13H2,1-7H3,(H,33,38)(H,34,40)(H,35,37)/p-1/t14-,15+,16+,17+,18+,19-/m1/s1. The van der Waals surface area contributed by atoms with Crippen LogP contribution < -0.4 is 15.7 Å². The number of aliphatic imine (C=N–C) groups is 1. The molecule has 4 aliphatic rings. The molecule has 40 heavy (non-hydrogen) atoms. The molecule has 1 saturated heterocycles. The molecule has 0 aromatic carbocycles. The lowest BCUT2D eigenvalue weighted by Crippen LogP contribution is -2.61. The normalized spacial score (nSPS) is 29.6. The van der Waals surface area contributed by atoms with Gasteiger partial charge in [0.05, 0.1) is 11.6 Å². The van der Waals surface area contributed by atoms with Crippen molar-refractivity contribution in [3.8, 4) is 6.07 Å². The van der Waals surface area contributed by atoms with Crippen LogP contribution in [0.4, 0.5) is 13.2 Å². The van der Waals surface area contributed by atoms with Crippen molar-refractivity contribution in [3.05, 3.63) is 0 Å². The molecule has 0 aromatic rings. The van der Waals surface area contributed by atoms with Crippen LogP contribution >= 0.6 is 0 Å². The molecule has 12 heteroatoms. The number of fused-ring (bicyclic) bond motifs is 1. The Bertz CT molecular complexity index is 1160. The third kappa shape index (κ3) is 5.16. The Morgan fingerprint density at radius 2 is 1.75 bits per heavy atom. The molecule has 3 fully saturated rings. The number of halogens is 3. The van der Waals surface area contributed by atoms with Crippen LogP contribution in [0.2, 0.25) is 0 Å². The van der Waals surface area contributed by atoms with Crippen molar-refractivity contribution in [1.29, 1.82) is 5.26 Å². The summed E-state index contributed by atoms with van der Waals surface area (Å²) in [6.45, 7) is 10.6. The molecule has 222 valence electrons. The number of amides is 3. The van der Waals surface area contributed by atoms with Crippen LogP contribution in [-0.4, -0.2) is 64.9 Å². The van der Waals surface area contributed by atoms with Crippen molar-refractivity contribution in [2.75, 3.05) is 6.54 Å². The Balaban J connectivity index is 1.52. The average Bonchev–Trinajstić information content (AvgIpc) is 3.54. The monoisotopic (exact) mass is 566 g/mol. The molecule has 3 amide bonds. The Kier molecular flexibility index (Phi) is 7.04. The van der Waals surface area contributed by atoms with Crippen LogP contribution in [-0.2, 0) is 14.4 Å². The number of carbonyl (C=O) groups is 3. The Hall–Kier alpha value is -2.84. The molecule has 4 rings (SSSR count). The topological polar surface area (TPSA) is 138 Å². The van der Waals surface area contributed by atoms with Crippen LogP contribution in [0.25, 0.3) is 0 Å². The summed E-state index contributed by atoms with van der Waals surface area (Å²) in [5.74, 6) is -3.44. The highest BCUT2D eigenvalue weighted by atomic mass is 19.4. The van der Waals surface area contributed by atoms with Crippen LogP contribution in [0, 0.1) is 45.3 Å². The Morgan fingerprint density at radius 1 is 1.15 bits per heavy atom. The Morgan fingerprint density at radius 3 is 2.23 bits per heavy atom. The molecular weight excluding hydrogens is 527 g/mol. The van der Waals surface area contributed by atoms with Gasteiger partial charge in [0.25, 0.3) is 0 Å². The largest absolute Gasteiger partial charge is 0.862 e. The van der Waals surface area contributed by atoms with E-state index in [1.165, 1.54) is 4.90 Å². The minimum Gasteiger partial charge on any atom is -0.862 e. The number of nitriles is 1. The molecule has 0 aromatic heterocycles. The highest BCUT2D eigenvalue weighted by molar-refractivity contribution is 5.95. The highest BCUT2D eigenvalue weighted by Gasteiger charge is 2.70. The van der Waals surface area contributed by atoms with E-state index in [0.717, 1.165) is 26.7 Å². The molecular formula is C28H39F3N5O4-. The number of alkyl halides is 3. The number of likely N-dealkylation sites (tertiary alicyclic amines) is 1. The molecule has 6 atom stereocenters. The molecule has 2 N–H and O–H groups in total. The minimum absolute atomic E-state index is 0.0133. The molecule has 0 unspecified atom stereocenters. The van der Waals surface area contributed by atoms with Gasteiger partial charge in [0.15, 0.2) is 0 Å². The lowest BCUT2D eigenvalue weighted by Gasteiger charge is -2.39. The minimum atomic E-state index is -4.83. The summed E-state index contributed by atoms with van der Waals surface area (Å²) in [5, 5.41) is 27.2. The van der Waals surface area contributed by atoms with Gasteiger partial charge in [-0.15, -0.1) is 0 Å². The van der Waals surface area contributed by atoms with E-state index in [1.807, 2.05) is 13.8 Å². The van der Waals surface area contributed by atoms with E-state index in [-0.39, 0.29) is 41.7 Å². The van der Waals surface area contributed by atoms with Gasteiger partial charge >= 0.3 is 6.18 Å². The molecule has 1 spiro atoms. The smallest absolute Gasteiger partial charge is 0.402 e. The van der Waals surface area contributed by atoms with Crippen molar-refractivity contribution in [3.63, 3.8) is 0 Å². The van der Waals surface area contributed by atoms with E-state index in [1.54, 1.807) is 20.8 Å². The molecule has 2 heterocycles. The summed E-state index contributed by atoms with van der Waals surface area (Å²) < 4.78 is 40.7. The fourth-order valence-corrected chi connectivity index (χ4v) is 6.31. The van der Waals surface area contributed by atoms with Gasteiger partial charge in [0.1, 0.15) is 23.5 Å².